The summed E-state index contributed by atoms with van der Waals surface area (Å²) >= 11 is 0. The molecule has 0 amide bonds. The number of benzene rings is 8. The minimum Gasteiger partial charge on any atom is -0.309 e. The molecule has 8 aromatic carbocycles. The van der Waals surface area contributed by atoms with E-state index in [4.69, 9.17) is 4.98 Å². The largest absolute Gasteiger partial charge is 0.309 e. The number of imidazole rings is 1. The fourth-order valence-corrected chi connectivity index (χ4v) is 8.78. The average Bonchev–Trinajstić information content (AvgIpc) is 3.86. The van der Waals surface area contributed by atoms with Crippen LogP contribution in [0.4, 0.5) is 0 Å². The van der Waals surface area contributed by atoms with E-state index in [9.17, 15) is 0 Å². The maximum absolute atomic E-state index is 4.78. The first kappa shape index (κ1) is 33.5. The van der Waals surface area contributed by atoms with E-state index >= 15 is 0 Å². The summed E-state index contributed by atoms with van der Waals surface area (Å²) in [5.74, 6) is 0.982. The fraction of sp³-hybridized carbons (Fsp3) is 0. The quantitative estimate of drug-likeness (QED) is 0.162. The lowest BCUT2D eigenvalue weighted by Gasteiger charge is -2.19. The smallest absolute Gasteiger partial charge is 0.306 e. The van der Waals surface area contributed by atoms with Gasteiger partial charge in [0, 0.05) is 21.9 Å². The molecule has 0 unspecified atom stereocenters. The average molecular weight is 742 g/mol. The number of aromatic nitrogens is 4. The van der Waals surface area contributed by atoms with Crippen LogP contribution >= 0.6 is 0 Å². The number of nitrogens with one attached hydrogen (secondary N) is 1. The number of rotatable bonds is 7. The van der Waals surface area contributed by atoms with Crippen LogP contribution in [-0.2, 0) is 0 Å². The van der Waals surface area contributed by atoms with Gasteiger partial charge in [-0.05, 0) is 93.5 Å². The molecule has 0 spiro atoms. The Bertz CT molecular complexity index is 3240. The van der Waals surface area contributed by atoms with E-state index in [-0.39, 0.29) is 0 Å². The van der Waals surface area contributed by atoms with Crippen LogP contribution in [0.3, 0.4) is 0 Å². The molecule has 0 aliphatic carbocycles. The Morgan fingerprint density at radius 1 is 0.397 bits per heavy atom. The second kappa shape index (κ2) is 14.0. The summed E-state index contributed by atoms with van der Waals surface area (Å²) in [6, 6.07) is 76.1. The van der Waals surface area contributed by atoms with Gasteiger partial charge in [-0.3, -0.25) is 4.98 Å². The summed E-state index contributed by atoms with van der Waals surface area (Å²) in [6.07, 6.45) is 1.85. The third kappa shape index (κ3) is 5.54. The van der Waals surface area contributed by atoms with Crippen molar-refractivity contribution in [3.8, 4) is 67.3 Å². The molecular formula is C54H37N4+. The number of hydrogen-bond acceptors (Lipinski definition) is 1. The van der Waals surface area contributed by atoms with Crippen molar-refractivity contribution in [3.63, 3.8) is 0 Å². The van der Waals surface area contributed by atoms with Gasteiger partial charge in [0.25, 0.3) is 0 Å². The summed E-state index contributed by atoms with van der Waals surface area (Å²) in [5, 5.41) is 2.51. The minimum absolute atomic E-state index is 0.891. The minimum atomic E-state index is 0.891. The standard InChI is InChI=1S/C54H36N4/c1-2-20-39(21-3-1)57-53(56-49-31-17-35-55-54(49)57)38-19-16-18-37(36-38)40-22-4-5-23-41(40)42-24-6-7-25-43(42)44-26-8-9-27-45(44)46-28-10-13-32-50(46)58-51-33-14-11-29-47(51)48-30-12-15-34-52(48)58/h1-36H/p+1. The van der Waals surface area contributed by atoms with Crippen molar-refractivity contribution in [2.45, 2.75) is 0 Å². The zero-order valence-corrected chi connectivity index (χ0v) is 31.6. The third-order valence-corrected chi connectivity index (χ3v) is 11.3. The van der Waals surface area contributed by atoms with Crippen LogP contribution in [0.15, 0.2) is 219 Å². The van der Waals surface area contributed by atoms with E-state index in [1.807, 2.05) is 18.3 Å². The highest BCUT2D eigenvalue weighted by molar-refractivity contribution is 6.10. The zero-order valence-electron chi connectivity index (χ0n) is 31.6. The second-order valence-corrected chi connectivity index (χ2v) is 14.6. The SMILES string of the molecule is c1ccc(-[n+]2c(-c3cccc(-c4ccccc4-c4ccccc4-c4ccccc4-c4ccccc4-n4c5ccccc5c5ccccc54)c3)[nH]c3cccnc32)cc1. The molecule has 4 heteroatoms. The first-order valence-corrected chi connectivity index (χ1v) is 19.7. The van der Waals surface area contributed by atoms with Crippen LogP contribution < -0.4 is 4.57 Å². The Labute approximate surface area is 336 Å². The predicted molar refractivity (Wildman–Crippen MR) is 239 cm³/mol. The Balaban J connectivity index is 1.06. The molecule has 0 fully saturated rings. The summed E-state index contributed by atoms with van der Waals surface area (Å²) in [4.78, 5) is 8.47. The molecule has 0 aliphatic heterocycles. The predicted octanol–water partition coefficient (Wildman–Crippen LogP) is 13.3. The maximum atomic E-state index is 4.78. The van der Waals surface area contributed by atoms with Crippen LogP contribution in [-0.4, -0.2) is 14.5 Å². The zero-order chi connectivity index (χ0) is 38.4. The maximum Gasteiger partial charge on any atom is 0.306 e. The molecule has 0 saturated heterocycles. The number of hydrogen-bond donors (Lipinski definition) is 1. The number of para-hydroxylation sites is 4. The molecule has 11 rings (SSSR count). The second-order valence-electron chi connectivity index (χ2n) is 14.6. The number of fused-ring (bicyclic) bond motifs is 4. The van der Waals surface area contributed by atoms with E-state index in [1.54, 1.807) is 0 Å². The molecule has 0 saturated carbocycles. The summed E-state index contributed by atoms with van der Waals surface area (Å²) in [7, 11) is 0. The molecular weight excluding hydrogens is 705 g/mol. The van der Waals surface area contributed by atoms with Crippen molar-refractivity contribution in [1.29, 1.82) is 0 Å². The molecule has 0 bridgehead atoms. The third-order valence-electron chi connectivity index (χ3n) is 11.3. The molecule has 1 N–H and O–H groups in total. The number of pyridine rings is 1. The van der Waals surface area contributed by atoms with Gasteiger partial charge in [0.2, 0.25) is 5.82 Å². The van der Waals surface area contributed by atoms with Gasteiger partial charge in [-0.15, -0.1) is 4.98 Å². The van der Waals surface area contributed by atoms with Crippen molar-refractivity contribution in [1.82, 2.24) is 14.5 Å². The van der Waals surface area contributed by atoms with Crippen molar-refractivity contribution < 1.29 is 4.57 Å². The molecule has 4 nitrogen and oxygen atoms in total. The molecule has 58 heavy (non-hydrogen) atoms. The van der Waals surface area contributed by atoms with Crippen LogP contribution in [0, 0.1) is 0 Å². The normalized spacial score (nSPS) is 11.4. The molecule has 3 aromatic heterocycles. The van der Waals surface area contributed by atoms with Crippen molar-refractivity contribution >= 4 is 33.0 Å². The molecule has 3 heterocycles. The molecule has 0 radical (unpaired) electrons. The highest BCUT2D eigenvalue weighted by Crippen LogP contribution is 2.44. The fourth-order valence-electron chi connectivity index (χ4n) is 8.78. The van der Waals surface area contributed by atoms with Crippen LogP contribution in [0.25, 0.3) is 100 Å². The number of aromatic amines is 1. The lowest BCUT2D eigenvalue weighted by Crippen LogP contribution is -2.32. The first-order chi connectivity index (χ1) is 28.8. The lowest BCUT2D eigenvalue weighted by atomic mass is 9.86. The van der Waals surface area contributed by atoms with Gasteiger partial charge < -0.3 is 4.57 Å². The Morgan fingerprint density at radius 3 is 1.55 bits per heavy atom. The Kier molecular flexibility index (Phi) is 8.11. The van der Waals surface area contributed by atoms with Gasteiger partial charge in [-0.1, -0.05) is 158 Å². The van der Waals surface area contributed by atoms with E-state index in [2.05, 4.69) is 214 Å². The van der Waals surface area contributed by atoms with Crippen molar-refractivity contribution in [2.75, 3.05) is 0 Å². The molecule has 272 valence electrons. The van der Waals surface area contributed by atoms with Gasteiger partial charge in [0.05, 0.1) is 16.7 Å². The van der Waals surface area contributed by atoms with Crippen LogP contribution in [0.5, 0.6) is 0 Å². The Morgan fingerprint density at radius 2 is 0.897 bits per heavy atom. The van der Waals surface area contributed by atoms with Gasteiger partial charge in [0.1, 0.15) is 11.9 Å². The van der Waals surface area contributed by atoms with Crippen molar-refractivity contribution in [3.05, 3.63) is 219 Å². The topological polar surface area (TPSA) is 37.5 Å². The highest BCUT2D eigenvalue weighted by Gasteiger charge is 2.23. The summed E-state index contributed by atoms with van der Waals surface area (Å²) < 4.78 is 4.64. The highest BCUT2D eigenvalue weighted by atomic mass is 15.1. The molecule has 0 atom stereocenters. The van der Waals surface area contributed by atoms with Gasteiger partial charge in [-0.25, -0.2) is 0 Å². The van der Waals surface area contributed by atoms with E-state index < -0.39 is 0 Å². The van der Waals surface area contributed by atoms with Gasteiger partial charge in [0.15, 0.2) is 5.52 Å². The molecule has 0 aliphatic rings. The molecule has 11 aromatic rings. The lowest BCUT2D eigenvalue weighted by molar-refractivity contribution is -0.557. The summed E-state index contributed by atoms with van der Waals surface area (Å²) in [5.41, 5.74) is 17.0. The monoisotopic (exact) mass is 741 g/mol. The van der Waals surface area contributed by atoms with Crippen LogP contribution in [0.2, 0.25) is 0 Å². The van der Waals surface area contributed by atoms with E-state index in [0.29, 0.717) is 0 Å². The van der Waals surface area contributed by atoms with E-state index in [1.165, 1.54) is 60.8 Å². The van der Waals surface area contributed by atoms with Crippen LogP contribution in [0.1, 0.15) is 0 Å². The van der Waals surface area contributed by atoms with Crippen molar-refractivity contribution in [2.24, 2.45) is 0 Å². The number of H-pyrrole nitrogens is 1. The Hall–Kier alpha value is -7.82. The van der Waals surface area contributed by atoms with Gasteiger partial charge in [-0.2, -0.15) is 4.57 Å². The number of nitrogens with zero attached hydrogens (tertiary/aromatic N) is 3. The van der Waals surface area contributed by atoms with Gasteiger partial charge >= 0.3 is 5.65 Å². The first-order valence-electron chi connectivity index (χ1n) is 19.7. The summed E-state index contributed by atoms with van der Waals surface area (Å²) in [6.45, 7) is 0. The van der Waals surface area contributed by atoms with E-state index in [0.717, 1.165) is 39.5 Å².